The van der Waals surface area contributed by atoms with Gasteiger partial charge in [0.05, 0.1) is 6.42 Å². The number of guanidine groups is 1. The van der Waals surface area contributed by atoms with E-state index < -0.39 is 0 Å². The minimum atomic E-state index is -0.0476. The Morgan fingerprint density at radius 3 is 2.02 bits per heavy atom. The van der Waals surface area contributed by atoms with Crippen molar-refractivity contribution in [3.8, 4) is 0 Å². The van der Waals surface area contributed by atoms with Crippen LogP contribution in [0.15, 0.2) is 120 Å². The van der Waals surface area contributed by atoms with Crippen LogP contribution in [-0.4, -0.2) is 66.0 Å². The van der Waals surface area contributed by atoms with E-state index in [1.54, 1.807) is 0 Å². The summed E-state index contributed by atoms with van der Waals surface area (Å²) in [5.74, 6) is 0.272. The lowest BCUT2D eigenvalue weighted by atomic mass is 9.94. The molecule has 1 saturated heterocycles. The predicted molar refractivity (Wildman–Crippen MR) is 194 cm³/mol. The summed E-state index contributed by atoms with van der Waals surface area (Å²) in [7, 11) is 0. The van der Waals surface area contributed by atoms with E-state index in [4.69, 9.17) is 17.2 Å². The Balaban J connectivity index is 1.22. The van der Waals surface area contributed by atoms with Crippen molar-refractivity contribution >= 4 is 33.4 Å². The maximum Gasteiger partial charge on any atom is 0.227 e. The molecule has 1 aliphatic rings. The third kappa shape index (κ3) is 8.56. The number of fused-ring (bicyclic) bond motifs is 2. The summed E-state index contributed by atoms with van der Waals surface area (Å²) in [5, 5.41) is 4.80. The fourth-order valence-corrected chi connectivity index (χ4v) is 7.07. The second-order valence-corrected chi connectivity index (χ2v) is 13.0. The van der Waals surface area contributed by atoms with Crippen LogP contribution in [0, 0.1) is 0 Å². The third-order valence-corrected chi connectivity index (χ3v) is 9.38. The number of amides is 1. The second kappa shape index (κ2) is 15.2. The Morgan fingerprint density at radius 1 is 0.723 bits per heavy atom. The van der Waals surface area contributed by atoms with Crippen LogP contribution >= 0.6 is 0 Å². The fourth-order valence-electron chi connectivity index (χ4n) is 7.07. The molecule has 7 heteroatoms. The maximum absolute atomic E-state index is 14.2. The topological polar surface area (TPSA) is 114 Å². The number of benzene rings is 5. The average molecular weight is 627 g/mol. The number of piperazine rings is 1. The Labute approximate surface area is 278 Å². The van der Waals surface area contributed by atoms with Crippen molar-refractivity contribution in [1.82, 2.24) is 9.80 Å². The smallest absolute Gasteiger partial charge is 0.227 e. The molecule has 7 nitrogen and oxygen atoms in total. The summed E-state index contributed by atoms with van der Waals surface area (Å²) in [6.07, 6.45) is 3.65. The van der Waals surface area contributed by atoms with E-state index in [0.29, 0.717) is 19.5 Å². The van der Waals surface area contributed by atoms with E-state index in [2.05, 4.69) is 112 Å². The van der Waals surface area contributed by atoms with Crippen molar-refractivity contribution < 1.29 is 4.79 Å². The number of rotatable bonds is 12. The highest BCUT2D eigenvalue weighted by Gasteiger charge is 2.36. The van der Waals surface area contributed by atoms with E-state index >= 15 is 0 Å². The van der Waals surface area contributed by atoms with Gasteiger partial charge in [0.1, 0.15) is 0 Å². The molecule has 0 radical (unpaired) electrons. The molecule has 0 spiro atoms. The Morgan fingerprint density at radius 2 is 1.34 bits per heavy atom. The first-order chi connectivity index (χ1) is 22.9. The van der Waals surface area contributed by atoms with E-state index in [1.807, 2.05) is 18.2 Å². The molecule has 0 bridgehead atoms. The van der Waals surface area contributed by atoms with Gasteiger partial charge < -0.3 is 22.1 Å². The van der Waals surface area contributed by atoms with Crippen molar-refractivity contribution in [1.29, 1.82) is 0 Å². The average Bonchev–Trinajstić information content (AvgIpc) is 3.07. The number of hydrogen-bond acceptors (Lipinski definition) is 4. The molecule has 1 fully saturated rings. The number of aliphatic imine (C=N–C) groups is 1. The zero-order valence-electron chi connectivity index (χ0n) is 27.0. The lowest BCUT2D eigenvalue weighted by Gasteiger charge is -2.47. The van der Waals surface area contributed by atoms with Gasteiger partial charge in [-0.05, 0) is 63.9 Å². The fraction of sp³-hybridized carbons (Fsp3) is 0.300. The highest BCUT2D eigenvalue weighted by molar-refractivity contribution is 5.86. The lowest BCUT2D eigenvalue weighted by molar-refractivity contribution is -0.137. The normalized spacial score (nSPS) is 17.5. The lowest BCUT2D eigenvalue weighted by Crippen LogP contribution is -2.62. The number of carbonyl (C=O) groups excluding carboxylic acids is 1. The number of nitrogens with zero attached hydrogens (tertiary/aromatic N) is 3. The van der Waals surface area contributed by atoms with E-state index in [1.165, 1.54) is 27.3 Å². The van der Waals surface area contributed by atoms with Crippen LogP contribution in [0.2, 0.25) is 0 Å². The van der Waals surface area contributed by atoms with Crippen molar-refractivity contribution in [2.24, 2.45) is 22.2 Å². The molecule has 6 N–H and O–H groups in total. The van der Waals surface area contributed by atoms with Gasteiger partial charge in [-0.15, -0.1) is 0 Å². The van der Waals surface area contributed by atoms with Gasteiger partial charge >= 0.3 is 0 Å². The molecule has 5 aromatic rings. The summed E-state index contributed by atoms with van der Waals surface area (Å²) in [6.45, 7) is 2.72. The largest absolute Gasteiger partial charge is 0.370 e. The van der Waals surface area contributed by atoms with Crippen molar-refractivity contribution in [3.05, 3.63) is 132 Å². The molecule has 242 valence electrons. The van der Waals surface area contributed by atoms with Crippen LogP contribution in [0.1, 0.15) is 29.5 Å². The first kappa shape index (κ1) is 32.2. The molecular weight excluding hydrogens is 580 g/mol. The van der Waals surface area contributed by atoms with Gasteiger partial charge in [-0.25, -0.2) is 0 Å². The molecular formula is C40H46N6O. The van der Waals surface area contributed by atoms with Gasteiger partial charge in [0.25, 0.3) is 0 Å². The first-order valence-corrected chi connectivity index (χ1v) is 16.7. The third-order valence-electron chi connectivity index (χ3n) is 9.38. The molecule has 0 aliphatic carbocycles. The standard InChI is InChI=1S/C40H46N6O/c41-36(23-30-16-18-32-11-4-6-13-34(32)21-30)26-45-27-38(24-29-9-2-1-3-10-29)46(28-37(45)15-8-20-44-40(42)43)39(47)25-31-17-19-33-12-5-7-14-35(33)22-31/h1-7,9-14,16-19,21-22,36-38H,8,15,20,23-28,41H2,(H4,42,43,44)/t36-,37?,38+/m0/s1. The number of hydrogen-bond donors (Lipinski definition) is 3. The quantitative estimate of drug-likeness (QED) is 0.0991. The zero-order chi connectivity index (χ0) is 32.6. The van der Waals surface area contributed by atoms with Gasteiger partial charge in [-0.3, -0.25) is 14.7 Å². The van der Waals surface area contributed by atoms with Crippen LogP contribution in [0.5, 0.6) is 0 Å². The van der Waals surface area contributed by atoms with Gasteiger partial charge in [0.2, 0.25) is 5.91 Å². The molecule has 1 aliphatic heterocycles. The molecule has 0 aromatic heterocycles. The molecule has 47 heavy (non-hydrogen) atoms. The second-order valence-electron chi connectivity index (χ2n) is 13.0. The molecule has 1 heterocycles. The van der Waals surface area contributed by atoms with Crippen LogP contribution in [-0.2, 0) is 24.1 Å². The first-order valence-electron chi connectivity index (χ1n) is 16.7. The van der Waals surface area contributed by atoms with E-state index in [0.717, 1.165) is 49.7 Å². The molecule has 1 unspecified atom stereocenters. The molecule has 1 amide bonds. The monoisotopic (exact) mass is 626 g/mol. The minimum absolute atomic E-state index is 0.0344. The Hall–Kier alpha value is -4.72. The van der Waals surface area contributed by atoms with Gasteiger partial charge in [-0.1, -0.05) is 115 Å². The maximum atomic E-state index is 14.2. The van der Waals surface area contributed by atoms with Crippen molar-refractivity contribution in [2.45, 2.75) is 50.2 Å². The van der Waals surface area contributed by atoms with Crippen LogP contribution in [0.25, 0.3) is 21.5 Å². The van der Waals surface area contributed by atoms with Crippen LogP contribution in [0.3, 0.4) is 0 Å². The summed E-state index contributed by atoms with van der Waals surface area (Å²) in [4.78, 5) is 23.1. The SMILES string of the molecule is NC(N)=NCCCC1CN(C(=O)Cc2ccc3ccccc3c2)[C@H](Cc2ccccc2)CN1C[C@@H](N)Cc1ccc2ccccc2c1. The summed E-state index contributed by atoms with van der Waals surface area (Å²) >= 11 is 0. The molecule has 3 atom stereocenters. The predicted octanol–water partition coefficient (Wildman–Crippen LogP) is 5.28. The van der Waals surface area contributed by atoms with Crippen LogP contribution in [0.4, 0.5) is 0 Å². The Bertz CT molecular complexity index is 1820. The molecule has 5 aromatic carbocycles. The van der Waals surface area contributed by atoms with Crippen LogP contribution < -0.4 is 17.2 Å². The highest BCUT2D eigenvalue weighted by Crippen LogP contribution is 2.25. The molecule has 6 rings (SSSR count). The minimum Gasteiger partial charge on any atom is -0.370 e. The summed E-state index contributed by atoms with van der Waals surface area (Å²) < 4.78 is 0. The number of carbonyl (C=O) groups is 1. The van der Waals surface area contributed by atoms with Crippen molar-refractivity contribution in [3.63, 3.8) is 0 Å². The van der Waals surface area contributed by atoms with Gasteiger partial charge in [0.15, 0.2) is 5.96 Å². The van der Waals surface area contributed by atoms with E-state index in [-0.39, 0.29) is 30.0 Å². The van der Waals surface area contributed by atoms with Gasteiger partial charge in [0, 0.05) is 44.3 Å². The molecule has 0 saturated carbocycles. The zero-order valence-corrected chi connectivity index (χ0v) is 27.0. The highest BCUT2D eigenvalue weighted by atomic mass is 16.2. The summed E-state index contributed by atoms with van der Waals surface area (Å²) in [6, 6.07) is 40.3. The van der Waals surface area contributed by atoms with E-state index in [9.17, 15) is 4.79 Å². The van der Waals surface area contributed by atoms with Gasteiger partial charge in [-0.2, -0.15) is 0 Å². The van der Waals surface area contributed by atoms with Crippen molar-refractivity contribution in [2.75, 3.05) is 26.2 Å². The Kier molecular flexibility index (Phi) is 10.5. The number of nitrogens with two attached hydrogens (primary N) is 3. The summed E-state index contributed by atoms with van der Waals surface area (Å²) in [5.41, 5.74) is 21.7.